The lowest BCUT2D eigenvalue weighted by Crippen LogP contribution is -1.76. The number of thiophene rings is 2. The van der Waals surface area contributed by atoms with Crippen LogP contribution in [0, 0.1) is 48.5 Å². The lowest BCUT2D eigenvalue weighted by atomic mass is 10.2. The van der Waals surface area contributed by atoms with Gasteiger partial charge in [0.1, 0.15) is 0 Å². The summed E-state index contributed by atoms with van der Waals surface area (Å²) in [5.41, 5.74) is 0. The van der Waals surface area contributed by atoms with Crippen LogP contribution in [-0.2, 0) is 12.8 Å². The minimum absolute atomic E-state index is 0.954. The van der Waals surface area contributed by atoms with E-state index in [9.17, 15) is 0 Å². The number of aryl methyl sites for hydroxylation is 2. The Morgan fingerprint density at radius 2 is 1.06 bits per heavy atom. The smallest absolute Gasteiger partial charge is 0.0931 e. The Balaban J connectivity index is 1.94. The van der Waals surface area contributed by atoms with Gasteiger partial charge in [0.25, 0.3) is 0 Å². The highest BCUT2D eigenvalue weighted by molar-refractivity contribution is 7.19. The summed E-state index contributed by atoms with van der Waals surface area (Å²) in [5.74, 6) is 0. The van der Waals surface area contributed by atoms with Gasteiger partial charge in [-0.2, -0.15) is 0 Å². The highest BCUT2D eigenvalue weighted by Crippen LogP contribution is 2.24. The van der Waals surface area contributed by atoms with Crippen LogP contribution in [0.4, 0.5) is 0 Å². The first-order chi connectivity index (χ1) is 15.8. The van der Waals surface area contributed by atoms with Crippen LogP contribution in [-0.4, -0.2) is 0 Å². The summed E-state index contributed by atoms with van der Waals surface area (Å²) in [4.78, 5) is 2.68. The van der Waals surface area contributed by atoms with Gasteiger partial charge in [-0.3, -0.25) is 0 Å². The Bertz CT molecular complexity index is 1200. The zero-order chi connectivity index (χ0) is 22.2. The topological polar surface area (TPSA) is 0 Å². The van der Waals surface area contributed by atoms with E-state index in [0.29, 0.717) is 0 Å². The predicted molar refractivity (Wildman–Crippen MR) is 138 cm³/mol. The molecule has 4 rings (SSSR count). The lowest BCUT2D eigenvalue weighted by Gasteiger charge is -1.90. The summed E-state index contributed by atoms with van der Waals surface area (Å²) < 4.78 is 2.03. The van der Waals surface area contributed by atoms with Gasteiger partial charge >= 0.3 is 0 Å². The Kier molecular flexibility index (Phi) is 7.55. The molecule has 2 aromatic heterocycles. The van der Waals surface area contributed by atoms with Crippen LogP contribution in [0.15, 0.2) is 36.4 Å². The summed E-state index contributed by atoms with van der Waals surface area (Å²) in [6, 6.07) is 38.6. The molecule has 0 nitrogen and oxygen atoms in total. The van der Waals surface area contributed by atoms with Crippen molar-refractivity contribution in [1.82, 2.24) is 0 Å². The Hall–Kier alpha value is -3.14. The Labute approximate surface area is 200 Å². The first-order valence-corrected chi connectivity index (χ1v) is 12.8. The molecule has 156 valence electrons. The third-order valence-electron chi connectivity index (χ3n) is 5.12. The van der Waals surface area contributed by atoms with Crippen LogP contribution in [0.25, 0.3) is 30.9 Å². The van der Waals surface area contributed by atoms with E-state index in [4.69, 9.17) is 0 Å². The summed E-state index contributed by atoms with van der Waals surface area (Å²) in [7, 11) is 0. The van der Waals surface area contributed by atoms with Crippen molar-refractivity contribution >= 4 is 53.6 Å². The average molecular weight is 449 g/mol. The molecule has 0 radical (unpaired) electrons. The molecule has 0 aliphatic carbocycles. The molecule has 0 spiro atoms. The minimum atomic E-state index is 0.954. The Morgan fingerprint density at radius 3 is 1.50 bits per heavy atom. The molecule has 0 saturated heterocycles. The van der Waals surface area contributed by atoms with Gasteiger partial charge < -0.3 is 0 Å². The van der Waals surface area contributed by atoms with Gasteiger partial charge in [0.05, 0.1) is 20.2 Å². The minimum Gasteiger partial charge on any atom is -0.130 e. The van der Waals surface area contributed by atoms with Crippen LogP contribution < -0.4 is 0 Å². The van der Waals surface area contributed by atoms with E-state index in [1.807, 2.05) is 24.3 Å². The van der Waals surface area contributed by atoms with Gasteiger partial charge in [0.2, 0.25) is 0 Å². The van der Waals surface area contributed by atoms with E-state index in [1.165, 1.54) is 35.4 Å². The maximum Gasteiger partial charge on any atom is 0.0931 e. The van der Waals surface area contributed by atoms with Gasteiger partial charge in [0, 0.05) is 20.5 Å². The summed E-state index contributed by atoms with van der Waals surface area (Å²) in [6.07, 6.45) is 6.87. The fraction of sp³-hybridized carbons (Fsp3) is 0.267. The molecular formula is C30H24S2. The molecule has 2 heterocycles. The second-order valence-electron chi connectivity index (χ2n) is 7.66. The monoisotopic (exact) mass is 448 g/mol. The lowest BCUT2D eigenvalue weighted by molar-refractivity contribution is 0.804. The number of unbranched alkanes of at least 4 members (excludes halogenated alkanes) is 2. The SMILES string of the molecule is CCCCc1cc2c#cc#cc3cc(CCCC)sc3c#cc3ccccc3c#cc2s1. The van der Waals surface area contributed by atoms with E-state index < -0.39 is 0 Å². The highest BCUT2D eigenvalue weighted by atomic mass is 32.1. The second kappa shape index (κ2) is 10.9. The van der Waals surface area contributed by atoms with Crippen molar-refractivity contribution in [3.63, 3.8) is 0 Å². The molecule has 0 N–H and O–H groups in total. The number of rotatable bonds is 6. The quantitative estimate of drug-likeness (QED) is 0.277. The van der Waals surface area contributed by atoms with Crippen molar-refractivity contribution < 1.29 is 0 Å². The van der Waals surface area contributed by atoms with Crippen molar-refractivity contribution in [2.45, 2.75) is 52.4 Å². The molecule has 0 aliphatic rings. The fourth-order valence-corrected chi connectivity index (χ4v) is 5.37. The van der Waals surface area contributed by atoms with Crippen molar-refractivity contribution in [3.8, 4) is 0 Å². The number of hydrogen-bond acceptors (Lipinski definition) is 2. The van der Waals surface area contributed by atoms with Crippen LogP contribution >= 0.6 is 22.7 Å². The molecule has 0 aliphatic heterocycles. The summed E-state index contributed by atoms with van der Waals surface area (Å²) >= 11 is 3.50. The zero-order valence-electron chi connectivity index (χ0n) is 18.5. The second-order valence-corrected chi connectivity index (χ2v) is 9.94. The van der Waals surface area contributed by atoms with Crippen molar-refractivity contribution in [1.29, 1.82) is 0 Å². The number of hydrogen-bond donors (Lipinski definition) is 0. The molecule has 0 unspecified atom stereocenters. The molecular weight excluding hydrogens is 424 g/mol. The average Bonchev–Trinajstić information content (AvgIpc) is 3.39. The maximum absolute atomic E-state index is 3.37. The van der Waals surface area contributed by atoms with Gasteiger partial charge in [-0.1, -0.05) is 63.1 Å². The van der Waals surface area contributed by atoms with Gasteiger partial charge in [0.15, 0.2) is 0 Å². The van der Waals surface area contributed by atoms with Gasteiger partial charge in [-0.15, -0.1) is 22.7 Å². The van der Waals surface area contributed by atoms with E-state index in [-0.39, 0.29) is 0 Å². The highest BCUT2D eigenvalue weighted by Gasteiger charge is 2.00. The molecule has 32 heavy (non-hydrogen) atoms. The van der Waals surface area contributed by atoms with Crippen LogP contribution in [0.1, 0.15) is 49.3 Å². The van der Waals surface area contributed by atoms with Crippen molar-refractivity contribution in [2.75, 3.05) is 0 Å². The van der Waals surface area contributed by atoms with Gasteiger partial charge in [-0.05, 0) is 74.2 Å². The molecule has 0 amide bonds. The third kappa shape index (κ3) is 5.56. The molecule has 4 aromatic rings. The first kappa shape index (κ1) is 22.1. The zero-order valence-corrected chi connectivity index (χ0v) is 20.2. The third-order valence-corrected chi connectivity index (χ3v) is 7.35. The molecule has 2 aromatic carbocycles. The largest absolute Gasteiger partial charge is 0.130 e. The first-order valence-electron chi connectivity index (χ1n) is 11.2. The molecule has 2 heteroatoms. The fourth-order valence-electron chi connectivity index (χ4n) is 3.35. The van der Waals surface area contributed by atoms with Crippen LogP contribution in [0.5, 0.6) is 0 Å². The standard InChI is InChI=1S/C30H24S2/c1-3-5-15-27-21-25-13-9-10-14-26-22-28(16-6-4-2)32-30(26)20-18-24-12-8-7-11-23(24)17-19-29(25)31-27/h7-8,11-12,21-22H,3-6,15-16H2,1-2H3. The molecule has 0 atom stereocenters. The Morgan fingerprint density at radius 1 is 0.594 bits per heavy atom. The van der Waals surface area contributed by atoms with Crippen molar-refractivity contribution in [2.24, 2.45) is 0 Å². The van der Waals surface area contributed by atoms with Gasteiger partial charge in [-0.25, -0.2) is 0 Å². The molecule has 0 saturated carbocycles. The predicted octanol–water partition coefficient (Wildman–Crippen LogP) is 8.60. The van der Waals surface area contributed by atoms with E-state index in [1.54, 1.807) is 22.7 Å². The van der Waals surface area contributed by atoms with Crippen molar-refractivity contribution in [3.05, 3.63) is 94.7 Å². The summed E-state index contributed by atoms with van der Waals surface area (Å²) in [6.45, 7) is 4.44. The maximum atomic E-state index is 3.37. The molecule has 0 fully saturated rings. The van der Waals surface area contributed by atoms with E-state index in [0.717, 1.165) is 43.8 Å². The van der Waals surface area contributed by atoms with E-state index in [2.05, 4.69) is 74.5 Å². The number of benzene rings is 1. The van der Waals surface area contributed by atoms with Crippen LogP contribution in [0.3, 0.4) is 0 Å². The number of fused-ring (bicyclic) bond motifs is 3. The van der Waals surface area contributed by atoms with Crippen LogP contribution in [0.2, 0.25) is 0 Å². The normalized spacial score (nSPS) is 9.94. The summed E-state index contributed by atoms with van der Waals surface area (Å²) in [5, 5.41) is 3.88. The van der Waals surface area contributed by atoms with E-state index >= 15 is 0 Å². The molecule has 0 bridgehead atoms.